The number of halogens is 3. The van der Waals surface area contributed by atoms with Crippen molar-refractivity contribution in [3.63, 3.8) is 0 Å². The monoisotopic (exact) mass is 414 g/mol. The molecule has 158 valence electrons. The molecule has 4 aromatic rings. The maximum absolute atomic E-state index is 13.4. The number of nitrogens with zero attached hydrogens (tertiary/aromatic N) is 4. The van der Waals surface area contributed by atoms with Gasteiger partial charge in [0.1, 0.15) is 11.3 Å². The van der Waals surface area contributed by atoms with Crippen molar-refractivity contribution in [2.75, 3.05) is 0 Å². The fourth-order valence-corrected chi connectivity index (χ4v) is 4.09. The summed E-state index contributed by atoms with van der Waals surface area (Å²) in [5, 5.41) is 0. The molecule has 0 saturated carbocycles. The van der Waals surface area contributed by atoms with E-state index in [9.17, 15) is 13.2 Å². The Morgan fingerprint density at radius 1 is 1.00 bits per heavy atom. The summed E-state index contributed by atoms with van der Waals surface area (Å²) in [6.07, 6.45) is 1.10. The first-order chi connectivity index (χ1) is 14.0. The molecular formula is C23H25F3N4. The van der Waals surface area contributed by atoms with E-state index in [0.29, 0.717) is 12.1 Å². The Labute approximate surface area is 173 Å². The molecule has 0 spiro atoms. The summed E-state index contributed by atoms with van der Waals surface area (Å²) in [5.41, 5.74) is 3.60. The fraction of sp³-hybridized carbons (Fsp3) is 0.391. The third-order valence-electron chi connectivity index (χ3n) is 5.60. The number of rotatable bonds is 4. The highest BCUT2D eigenvalue weighted by Crippen LogP contribution is 2.34. The molecule has 0 aliphatic carbocycles. The van der Waals surface area contributed by atoms with Crippen molar-refractivity contribution in [2.24, 2.45) is 0 Å². The van der Waals surface area contributed by atoms with Crippen LogP contribution in [0.2, 0.25) is 0 Å². The highest BCUT2D eigenvalue weighted by Gasteiger charge is 2.35. The van der Waals surface area contributed by atoms with Crippen molar-refractivity contribution in [1.82, 2.24) is 18.8 Å². The molecule has 0 bridgehead atoms. The zero-order valence-corrected chi connectivity index (χ0v) is 17.7. The lowest BCUT2D eigenvalue weighted by atomic mass is 9.80. The molecule has 30 heavy (non-hydrogen) atoms. The summed E-state index contributed by atoms with van der Waals surface area (Å²) >= 11 is 0. The van der Waals surface area contributed by atoms with Crippen LogP contribution in [-0.4, -0.2) is 18.8 Å². The highest BCUT2D eigenvalue weighted by molar-refractivity contribution is 5.55. The van der Waals surface area contributed by atoms with Gasteiger partial charge in [0.25, 0.3) is 0 Å². The van der Waals surface area contributed by atoms with E-state index in [1.54, 1.807) is 4.40 Å². The molecule has 0 amide bonds. The Kier molecular flexibility index (Phi) is 4.67. The molecule has 0 aliphatic rings. The Morgan fingerprint density at radius 3 is 2.40 bits per heavy atom. The summed E-state index contributed by atoms with van der Waals surface area (Å²) in [4.78, 5) is 8.60. The summed E-state index contributed by atoms with van der Waals surface area (Å²) in [7, 11) is 0. The van der Waals surface area contributed by atoms with Crippen LogP contribution in [0.3, 0.4) is 0 Å². The van der Waals surface area contributed by atoms with Crippen LogP contribution in [0.15, 0.2) is 42.9 Å². The van der Waals surface area contributed by atoms with Crippen molar-refractivity contribution in [3.8, 4) is 0 Å². The second-order valence-electron chi connectivity index (χ2n) is 8.85. The predicted molar refractivity (Wildman–Crippen MR) is 111 cm³/mol. The quantitative estimate of drug-likeness (QED) is 0.413. The van der Waals surface area contributed by atoms with E-state index in [0.717, 1.165) is 34.4 Å². The van der Waals surface area contributed by atoms with Gasteiger partial charge in [0.2, 0.25) is 0 Å². The van der Waals surface area contributed by atoms with Gasteiger partial charge in [-0.05, 0) is 42.4 Å². The van der Waals surface area contributed by atoms with Gasteiger partial charge in [-0.25, -0.2) is 9.97 Å². The van der Waals surface area contributed by atoms with Gasteiger partial charge >= 0.3 is 6.18 Å². The number of pyridine rings is 2. The average molecular weight is 414 g/mol. The minimum atomic E-state index is -4.48. The zero-order chi connectivity index (χ0) is 21.8. The first kappa shape index (κ1) is 20.4. The Hall–Kier alpha value is -2.83. The van der Waals surface area contributed by atoms with Gasteiger partial charge in [0.05, 0.1) is 5.69 Å². The van der Waals surface area contributed by atoms with Gasteiger partial charge in [0, 0.05) is 29.8 Å². The van der Waals surface area contributed by atoms with Gasteiger partial charge in [0.15, 0.2) is 5.69 Å². The molecule has 7 heteroatoms. The smallest absolute Gasteiger partial charge is 0.307 e. The van der Waals surface area contributed by atoms with Crippen LogP contribution >= 0.6 is 0 Å². The number of alkyl halides is 3. The van der Waals surface area contributed by atoms with E-state index in [1.807, 2.05) is 61.8 Å². The van der Waals surface area contributed by atoms with Crippen LogP contribution in [0.4, 0.5) is 13.2 Å². The molecule has 0 aromatic carbocycles. The third-order valence-corrected chi connectivity index (χ3v) is 5.60. The molecule has 0 unspecified atom stereocenters. The summed E-state index contributed by atoms with van der Waals surface area (Å²) < 4.78 is 43.7. The minimum Gasteiger partial charge on any atom is -0.307 e. The maximum Gasteiger partial charge on any atom is 0.434 e. The van der Waals surface area contributed by atoms with Gasteiger partial charge in [-0.15, -0.1) is 0 Å². The number of hydrogen-bond donors (Lipinski definition) is 0. The Balaban J connectivity index is 1.85. The number of aromatic nitrogens is 4. The fourth-order valence-electron chi connectivity index (χ4n) is 4.09. The Bertz CT molecular complexity index is 1230. The topological polar surface area (TPSA) is 34.6 Å². The van der Waals surface area contributed by atoms with Crippen molar-refractivity contribution >= 4 is 11.3 Å². The molecule has 4 nitrogen and oxygen atoms in total. The molecule has 0 atom stereocenters. The van der Waals surface area contributed by atoms with Crippen LogP contribution in [0.1, 0.15) is 61.8 Å². The van der Waals surface area contributed by atoms with Crippen LogP contribution in [0, 0.1) is 6.92 Å². The van der Waals surface area contributed by atoms with Crippen molar-refractivity contribution in [3.05, 3.63) is 71.1 Å². The van der Waals surface area contributed by atoms with Crippen LogP contribution in [0.5, 0.6) is 0 Å². The van der Waals surface area contributed by atoms with E-state index in [-0.39, 0.29) is 11.3 Å². The number of fused-ring (bicyclic) bond motifs is 2. The van der Waals surface area contributed by atoms with E-state index >= 15 is 0 Å². The second kappa shape index (κ2) is 6.86. The average Bonchev–Trinajstić information content (AvgIpc) is 3.23. The lowest BCUT2D eigenvalue weighted by molar-refractivity contribution is -0.140. The molecule has 0 N–H and O–H groups in total. The lowest BCUT2D eigenvalue weighted by Crippen LogP contribution is -2.23. The molecule has 0 aliphatic heterocycles. The van der Waals surface area contributed by atoms with E-state index in [1.165, 1.54) is 0 Å². The van der Waals surface area contributed by atoms with Crippen molar-refractivity contribution < 1.29 is 13.2 Å². The van der Waals surface area contributed by atoms with Crippen LogP contribution < -0.4 is 0 Å². The zero-order valence-electron chi connectivity index (χ0n) is 17.7. The molecular weight excluding hydrogens is 389 g/mol. The third kappa shape index (κ3) is 3.46. The summed E-state index contributed by atoms with van der Waals surface area (Å²) in [6, 6.07) is 7.83. The van der Waals surface area contributed by atoms with Gasteiger partial charge in [-0.1, -0.05) is 39.8 Å². The number of aryl methyl sites for hydroxylation is 1. The van der Waals surface area contributed by atoms with E-state index < -0.39 is 11.9 Å². The second-order valence-corrected chi connectivity index (χ2v) is 8.85. The standard InChI is InChI=1S/C23H25F3N4/c1-14(2)17-9-8-16(30-13-19(23(24,25)26)28-20(17)30)11-22(4,5)18-7-6-10-29-12-15(3)27-21(18)29/h6-10,12-14H,11H2,1-5H3. The number of imidazole rings is 2. The lowest BCUT2D eigenvalue weighted by Gasteiger charge is -2.26. The highest BCUT2D eigenvalue weighted by atomic mass is 19.4. The minimum absolute atomic E-state index is 0.0692. The molecule has 0 saturated heterocycles. The number of hydrogen-bond acceptors (Lipinski definition) is 2. The van der Waals surface area contributed by atoms with E-state index in [2.05, 4.69) is 23.8 Å². The molecule has 4 aromatic heterocycles. The van der Waals surface area contributed by atoms with Crippen molar-refractivity contribution in [2.45, 2.75) is 58.5 Å². The molecule has 4 rings (SSSR count). The largest absolute Gasteiger partial charge is 0.434 e. The van der Waals surface area contributed by atoms with Gasteiger partial charge in [-0.3, -0.25) is 0 Å². The summed E-state index contributed by atoms with van der Waals surface area (Å²) in [6.45, 7) is 10.1. The molecule has 4 heterocycles. The van der Waals surface area contributed by atoms with Crippen molar-refractivity contribution in [1.29, 1.82) is 0 Å². The molecule has 0 radical (unpaired) electrons. The first-order valence-electron chi connectivity index (χ1n) is 10.0. The predicted octanol–water partition coefficient (Wildman–Crippen LogP) is 5.95. The SMILES string of the molecule is Cc1cn2cccc(C(C)(C)Cc3ccc(C(C)C)c4nc(C(F)(F)F)cn34)c2n1. The normalized spacial score (nSPS) is 13.1. The Morgan fingerprint density at radius 2 is 1.73 bits per heavy atom. The summed E-state index contributed by atoms with van der Waals surface area (Å²) in [5.74, 6) is 0.0692. The van der Waals surface area contributed by atoms with Gasteiger partial charge in [-0.2, -0.15) is 13.2 Å². The first-order valence-corrected chi connectivity index (χ1v) is 10.0. The molecule has 0 fully saturated rings. The maximum atomic E-state index is 13.4. The van der Waals surface area contributed by atoms with Crippen LogP contribution in [-0.2, 0) is 18.0 Å². The van der Waals surface area contributed by atoms with E-state index in [4.69, 9.17) is 0 Å². The van der Waals surface area contributed by atoms with Gasteiger partial charge < -0.3 is 8.80 Å². The van der Waals surface area contributed by atoms with Crippen LogP contribution in [0.25, 0.3) is 11.3 Å².